The Hall–Kier alpha value is -0.940. The number of hydrogen-bond donors (Lipinski definition) is 1. The van der Waals surface area contributed by atoms with Gasteiger partial charge in [-0.2, -0.15) is 5.10 Å². The van der Waals surface area contributed by atoms with E-state index in [2.05, 4.69) is 62.2 Å². The fourth-order valence-corrected chi connectivity index (χ4v) is 3.27. The molecule has 20 heavy (non-hydrogen) atoms. The van der Waals surface area contributed by atoms with Crippen molar-refractivity contribution in [3.8, 4) is 0 Å². The number of aryl methyl sites for hydroxylation is 1. The van der Waals surface area contributed by atoms with Gasteiger partial charge in [-0.1, -0.05) is 20.8 Å². The van der Waals surface area contributed by atoms with E-state index in [0.29, 0.717) is 6.04 Å². The Morgan fingerprint density at radius 1 is 1.30 bits per heavy atom. The van der Waals surface area contributed by atoms with E-state index in [4.69, 9.17) is 0 Å². The van der Waals surface area contributed by atoms with Crippen LogP contribution in [0.25, 0.3) is 0 Å². The van der Waals surface area contributed by atoms with E-state index in [1.54, 1.807) is 6.33 Å². The van der Waals surface area contributed by atoms with Crippen molar-refractivity contribution >= 4 is 0 Å². The third-order valence-electron chi connectivity index (χ3n) is 4.63. The van der Waals surface area contributed by atoms with Gasteiger partial charge in [0.15, 0.2) is 0 Å². The van der Waals surface area contributed by atoms with Gasteiger partial charge in [-0.3, -0.25) is 4.68 Å². The van der Waals surface area contributed by atoms with Crippen LogP contribution in [0.15, 0.2) is 6.33 Å². The Balaban J connectivity index is 2.97. The van der Waals surface area contributed by atoms with Crippen molar-refractivity contribution in [2.75, 3.05) is 21.1 Å². The molecule has 0 spiro atoms. The lowest BCUT2D eigenvalue weighted by Gasteiger charge is -2.45. The van der Waals surface area contributed by atoms with Gasteiger partial charge < -0.3 is 10.2 Å². The second-order valence-electron chi connectivity index (χ2n) is 5.65. The first kappa shape index (κ1) is 17.1. The Bertz CT molecular complexity index is 381. The van der Waals surface area contributed by atoms with Crippen LogP contribution in [0, 0.1) is 0 Å². The molecule has 1 unspecified atom stereocenters. The van der Waals surface area contributed by atoms with Gasteiger partial charge in [0.2, 0.25) is 0 Å². The lowest BCUT2D eigenvalue weighted by Crippen LogP contribution is -2.58. The molecule has 5 heteroatoms. The van der Waals surface area contributed by atoms with Gasteiger partial charge in [-0.25, -0.2) is 4.98 Å². The molecule has 1 aromatic heterocycles. The van der Waals surface area contributed by atoms with E-state index in [0.717, 1.165) is 38.1 Å². The molecule has 116 valence electrons. The Morgan fingerprint density at radius 2 is 1.95 bits per heavy atom. The van der Waals surface area contributed by atoms with Crippen molar-refractivity contribution in [1.82, 2.24) is 25.0 Å². The van der Waals surface area contributed by atoms with Crippen molar-refractivity contribution < 1.29 is 0 Å². The molecule has 1 heterocycles. The summed E-state index contributed by atoms with van der Waals surface area (Å²) in [6.07, 6.45) is 5.90. The lowest BCUT2D eigenvalue weighted by atomic mass is 9.81. The molecule has 1 rings (SSSR count). The minimum Gasteiger partial charge on any atom is -0.315 e. The van der Waals surface area contributed by atoms with E-state index < -0.39 is 0 Å². The maximum Gasteiger partial charge on any atom is 0.138 e. The maximum absolute atomic E-state index is 4.46. The number of nitrogens with zero attached hydrogens (tertiary/aromatic N) is 4. The summed E-state index contributed by atoms with van der Waals surface area (Å²) in [4.78, 5) is 6.81. The first-order valence-corrected chi connectivity index (χ1v) is 7.77. The summed E-state index contributed by atoms with van der Waals surface area (Å²) in [6, 6.07) is 0.368. The zero-order valence-electron chi connectivity index (χ0n) is 14.0. The third kappa shape index (κ3) is 3.38. The van der Waals surface area contributed by atoms with Crippen molar-refractivity contribution in [3.63, 3.8) is 0 Å². The van der Waals surface area contributed by atoms with Crippen LogP contribution in [0.3, 0.4) is 0 Å². The van der Waals surface area contributed by atoms with Crippen LogP contribution in [-0.2, 0) is 13.0 Å². The largest absolute Gasteiger partial charge is 0.315 e. The molecule has 5 nitrogen and oxygen atoms in total. The van der Waals surface area contributed by atoms with Crippen LogP contribution in [0.2, 0.25) is 0 Å². The van der Waals surface area contributed by atoms with Crippen LogP contribution in [-0.4, -0.2) is 52.4 Å². The third-order valence-corrected chi connectivity index (χ3v) is 4.63. The quantitative estimate of drug-likeness (QED) is 0.751. The van der Waals surface area contributed by atoms with E-state index in [1.165, 1.54) is 0 Å². The fourth-order valence-electron chi connectivity index (χ4n) is 3.27. The second kappa shape index (κ2) is 7.74. The highest BCUT2D eigenvalue weighted by Crippen LogP contribution is 2.27. The summed E-state index contributed by atoms with van der Waals surface area (Å²) in [6.45, 7) is 7.65. The zero-order valence-corrected chi connectivity index (χ0v) is 14.0. The molecule has 0 saturated carbocycles. The predicted octanol–water partition coefficient (Wildman–Crippen LogP) is 1.94. The average molecular weight is 281 g/mol. The van der Waals surface area contributed by atoms with Gasteiger partial charge in [0.25, 0.3) is 0 Å². The zero-order chi connectivity index (χ0) is 15.2. The molecule has 0 aliphatic rings. The van der Waals surface area contributed by atoms with Gasteiger partial charge in [-0.15, -0.1) is 0 Å². The first-order chi connectivity index (χ1) is 9.55. The molecule has 0 aromatic carbocycles. The van der Waals surface area contributed by atoms with E-state index in [-0.39, 0.29) is 5.54 Å². The fraction of sp³-hybridized carbons (Fsp3) is 0.867. The number of nitrogens with one attached hydrogen (secondary N) is 1. The van der Waals surface area contributed by atoms with Crippen LogP contribution in [0.1, 0.15) is 45.9 Å². The van der Waals surface area contributed by atoms with Crippen LogP contribution in [0.5, 0.6) is 0 Å². The summed E-state index contributed by atoms with van der Waals surface area (Å²) >= 11 is 0. The Morgan fingerprint density at radius 3 is 2.40 bits per heavy atom. The first-order valence-electron chi connectivity index (χ1n) is 7.77. The number of hydrogen-bond acceptors (Lipinski definition) is 4. The summed E-state index contributed by atoms with van der Waals surface area (Å²) in [5.41, 5.74) is 0.151. The molecule has 1 atom stereocenters. The van der Waals surface area contributed by atoms with Crippen molar-refractivity contribution in [3.05, 3.63) is 12.2 Å². The van der Waals surface area contributed by atoms with Gasteiger partial charge in [0, 0.05) is 24.5 Å². The molecule has 0 bridgehead atoms. The van der Waals surface area contributed by atoms with Gasteiger partial charge in [-0.05, 0) is 40.4 Å². The van der Waals surface area contributed by atoms with E-state index >= 15 is 0 Å². The summed E-state index contributed by atoms with van der Waals surface area (Å²) in [5, 5.41) is 7.85. The molecule has 1 aromatic rings. The molecule has 0 saturated heterocycles. The second-order valence-corrected chi connectivity index (χ2v) is 5.65. The minimum atomic E-state index is 0.151. The van der Waals surface area contributed by atoms with Gasteiger partial charge in [0.1, 0.15) is 12.2 Å². The van der Waals surface area contributed by atoms with Crippen LogP contribution in [0.4, 0.5) is 0 Å². The average Bonchev–Trinajstić information content (AvgIpc) is 2.86. The highest BCUT2D eigenvalue weighted by Gasteiger charge is 2.37. The molecule has 0 fully saturated rings. The Kier molecular flexibility index (Phi) is 6.62. The van der Waals surface area contributed by atoms with Gasteiger partial charge in [0.05, 0.1) is 0 Å². The molecule has 1 N–H and O–H groups in total. The van der Waals surface area contributed by atoms with Crippen molar-refractivity contribution in [2.24, 2.45) is 0 Å². The highest BCUT2D eigenvalue weighted by molar-refractivity contribution is 5.02. The smallest absolute Gasteiger partial charge is 0.138 e. The SMILES string of the molecule is CCCn1ncnc1CC(NC)C(CC)(CC)N(C)C. The molecule has 0 aliphatic heterocycles. The Labute approximate surface area is 123 Å². The lowest BCUT2D eigenvalue weighted by molar-refractivity contribution is 0.0903. The predicted molar refractivity (Wildman–Crippen MR) is 83.9 cm³/mol. The van der Waals surface area contributed by atoms with E-state index in [1.807, 2.05) is 4.68 Å². The molecular formula is C15H31N5. The minimum absolute atomic E-state index is 0.151. The summed E-state index contributed by atoms with van der Waals surface area (Å²) in [5.74, 6) is 1.08. The highest BCUT2D eigenvalue weighted by atomic mass is 15.3. The number of rotatable bonds is 9. The van der Waals surface area contributed by atoms with Crippen LogP contribution >= 0.6 is 0 Å². The summed E-state index contributed by atoms with van der Waals surface area (Å²) < 4.78 is 2.04. The standard InChI is InChI=1S/C15H31N5/c1-7-10-20-14(17-12-18-20)11-13(16-4)15(8-2,9-3)19(5)6/h12-13,16H,7-11H2,1-6H3. The van der Waals surface area contributed by atoms with Crippen molar-refractivity contribution in [1.29, 1.82) is 0 Å². The molecule has 0 radical (unpaired) electrons. The normalized spacial score (nSPS) is 13.9. The van der Waals surface area contributed by atoms with Gasteiger partial charge >= 0.3 is 0 Å². The molecular weight excluding hydrogens is 250 g/mol. The number of aromatic nitrogens is 3. The number of likely N-dealkylation sites (N-methyl/N-ethyl adjacent to an activating group) is 2. The monoisotopic (exact) mass is 281 g/mol. The molecule has 0 aliphatic carbocycles. The topological polar surface area (TPSA) is 46.0 Å². The summed E-state index contributed by atoms with van der Waals surface area (Å²) in [7, 11) is 6.40. The van der Waals surface area contributed by atoms with Crippen molar-refractivity contribution in [2.45, 2.75) is 64.6 Å². The van der Waals surface area contributed by atoms with Crippen LogP contribution < -0.4 is 5.32 Å². The molecule has 0 amide bonds. The van der Waals surface area contributed by atoms with E-state index in [9.17, 15) is 0 Å². The maximum atomic E-state index is 4.46.